The Balaban J connectivity index is 1.41. The smallest absolute Gasteiger partial charge is 0.339 e. The van der Waals surface area contributed by atoms with Gasteiger partial charge in [0.15, 0.2) is 5.65 Å². The van der Waals surface area contributed by atoms with Gasteiger partial charge >= 0.3 is 5.69 Å². The van der Waals surface area contributed by atoms with Crippen molar-refractivity contribution in [3.05, 3.63) is 70.8 Å². The van der Waals surface area contributed by atoms with Gasteiger partial charge in [0.25, 0.3) is 0 Å². The van der Waals surface area contributed by atoms with E-state index >= 15 is 0 Å². The van der Waals surface area contributed by atoms with E-state index in [0.717, 1.165) is 18.7 Å². The lowest BCUT2D eigenvalue weighted by Gasteiger charge is -2.38. The van der Waals surface area contributed by atoms with Gasteiger partial charge in [0, 0.05) is 32.4 Å². The fourth-order valence-electron chi connectivity index (χ4n) is 3.72. The molecule has 0 unspecified atom stereocenters. The van der Waals surface area contributed by atoms with Gasteiger partial charge in [0.2, 0.25) is 5.91 Å². The molecule has 7 heteroatoms. The molecule has 0 aliphatic carbocycles. The minimum atomic E-state index is -0.554. The third-order valence-corrected chi connectivity index (χ3v) is 5.51. The minimum Gasteiger partial charge on any atom is -0.339 e. The third kappa shape index (κ3) is 3.33. The Morgan fingerprint density at radius 1 is 1.00 bits per heavy atom. The number of piperazine rings is 1. The highest BCUT2D eigenvalue weighted by Crippen LogP contribution is 2.26. The van der Waals surface area contributed by atoms with E-state index in [2.05, 4.69) is 10.00 Å². The zero-order valence-corrected chi connectivity index (χ0v) is 16.3. The summed E-state index contributed by atoms with van der Waals surface area (Å²) in [7, 11) is 0. The number of amides is 1. The van der Waals surface area contributed by atoms with Crippen LogP contribution < -0.4 is 5.69 Å². The molecule has 0 spiro atoms. The molecule has 28 heavy (non-hydrogen) atoms. The summed E-state index contributed by atoms with van der Waals surface area (Å²) >= 11 is 0. The Hall–Kier alpha value is -2.93. The summed E-state index contributed by atoms with van der Waals surface area (Å²) in [4.78, 5) is 29.6. The molecule has 1 aromatic carbocycles. The number of benzene rings is 1. The summed E-state index contributed by atoms with van der Waals surface area (Å²) < 4.78 is 3.03. The summed E-state index contributed by atoms with van der Waals surface area (Å²) in [6, 6.07) is 15.4. The molecule has 1 fully saturated rings. The van der Waals surface area contributed by atoms with Crippen molar-refractivity contribution in [3.63, 3.8) is 0 Å². The van der Waals surface area contributed by atoms with Crippen LogP contribution in [0.5, 0.6) is 0 Å². The molecule has 1 aliphatic rings. The largest absolute Gasteiger partial charge is 0.351 e. The second kappa shape index (κ2) is 7.24. The van der Waals surface area contributed by atoms with Gasteiger partial charge in [-0.15, -0.1) is 5.10 Å². The molecule has 0 bridgehead atoms. The van der Waals surface area contributed by atoms with Crippen molar-refractivity contribution in [3.8, 4) is 0 Å². The zero-order valence-electron chi connectivity index (χ0n) is 16.3. The number of carbonyl (C=O) groups is 1. The number of hydrogen-bond acceptors (Lipinski definition) is 4. The Labute approximate surface area is 163 Å². The Morgan fingerprint density at radius 3 is 2.36 bits per heavy atom. The molecule has 4 rings (SSSR count). The van der Waals surface area contributed by atoms with E-state index in [1.54, 1.807) is 10.6 Å². The normalized spacial score (nSPS) is 15.9. The molecule has 1 saturated heterocycles. The quantitative estimate of drug-likeness (QED) is 0.690. The zero-order chi connectivity index (χ0) is 19.7. The third-order valence-electron chi connectivity index (χ3n) is 5.51. The molecule has 0 N–H and O–H groups in total. The molecule has 1 aliphatic heterocycles. The summed E-state index contributed by atoms with van der Waals surface area (Å²) in [5.41, 5.74) is 0.978. The van der Waals surface area contributed by atoms with Crippen LogP contribution in [0.2, 0.25) is 0 Å². The predicted octanol–water partition coefficient (Wildman–Crippen LogP) is 1.58. The monoisotopic (exact) mass is 379 g/mol. The fourth-order valence-corrected chi connectivity index (χ4v) is 3.72. The van der Waals surface area contributed by atoms with Gasteiger partial charge in [-0.05, 0) is 31.5 Å². The SMILES string of the molecule is CC(C)(C(=O)N1CCN(Cn2nc3ccccn3c2=O)CC1)c1ccccc1. The van der Waals surface area contributed by atoms with Gasteiger partial charge in [-0.2, -0.15) is 4.68 Å². The van der Waals surface area contributed by atoms with Gasteiger partial charge in [-0.25, -0.2) is 4.79 Å². The molecule has 3 heterocycles. The molecule has 1 amide bonds. The molecule has 7 nitrogen and oxygen atoms in total. The van der Waals surface area contributed by atoms with Crippen LogP contribution in [-0.4, -0.2) is 56.1 Å². The van der Waals surface area contributed by atoms with Crippen LogP contribution in [0.15, 0.2) is 59.5 Å². The van der Waals surface area contributed by atoms with Gasteiger partial charge in [-0.3, -0.25) is 14.1 Å². The van der Waals surface area contributed by atoms with E-state index in [4.69, 9.17) is 0 Å². The molecule has 3 aromatic rings. The van der Waals surface area contributed by atoms with Crippen molar-refractivity contribution >= 4 is 11.6 Å². The van der Waals surface area contributed by atoms with Gasteiger partial charge in [-0.1, -0.05) is 36.4 Å². The van der Waals surface area contributed by atoms with Crippen molar-refractivity contribution in [1.82, 2.24) is 24.0 Å². The number of rotatable bonds is 4. The maximum atomic E-state index is 13.1. The van der Waals surface area contributed by atoms with Crippen molar-refractivity contribution in [2.45, 2.75) is 25.9 Å². The lowest BCUT2D eigenvalue weighted by molar-refractivity contribution is -0.138. The summed E-state index contributed by atoms with van der Waals surface area (Å²) in [6.07, 6.45) is 1.73. The molecule has 0 radical (unpaired) electrons. The van der Waals surface area contributed by atoms with Crippen molar-refractivity contribution in [2.75, 3.05) is 26.2 Å². The average Bonchev–Trinajstić information content (AvgIpc) is 3.04. The first kappa shape index (κ1) is 18.4. The summed E-state index contributed by atoms with van der Waals surface area (Å²) in [6.45, 7) is 7.13. The summed E-state index contributed by atoms with van der Waals surface area (Å²) in [5, 5.41) is 4.38. The van der Waals surface area contributed by atoms with Crippen LogP contribution in [0.25, 0.3) is 5.65 Å². The van der Waals surface area contributed by atoms with Crippen LogP contribution in [0.3, 0.4) is 0 Å². The highest BCUT2D eigenvalue weighted by molar-refractivity contribution is 5.87. The number of pyridine rings is 1. The van der Waals surface area contributed by atoms with Crippen LogP contribution in [0.1, 0.15) is 19.4 Å². The van der Waals surface area contributed by atoms with E-state index in [1.165, 1.54) is 4.68 Å². The second-order valence-electron chi connectivity index (χ2n) is 7.75. The van der Waals surface area contributed by atoms with E-state index in [-0.39, 0.29) is 11.6 Å². The van der Waals surface area contributed by atoms with Gasteiger partial charge in [0.05, 0.1) is 12.1 Å². The van der Waals surface area contributed by atoms with Crippen molar-refractivity contribution in [2.24, 2.45) is 0 Å². The summed E-state index contributed by atoms with van der Waals surface area (Å²) in [5.74, 6) is 0.142. The molecule has 2 aromatic heterocycles. The highest BCUT2D eigenvalue weighted by atomic mass is 16.2. The number of fused-ring (bicyclic) bond motifs is 1. The van der Waals surface area contributed by atoms with Crippen LogP contribution in [0, 0.1) is 0 Å². The Kier molecular flexibility index (Phi) is 4.77. The number of carbonyl (C=O) groups excluding carboxylic acids is 1. The van der Waals surface area contributed by atoms with Crippen LogP contribution >= 0.6 is 0 Å². The first-order valence-corrected chi connectivity index (χ1v) is 9.58. The van der Waals surface area contributed by atoms with Crippen molar-refractivity contribution in [1.29, 1.82) is 0 Å². The average molecular weight is 379 g/mol. The van der Waals surface area contributed by atoms with E-state index < -0.39 is 5.41 Å². The molecule has 0 saturated carbocycles. The van der Waals surface area contributed by atoms with E-state index in [1.807, 2.05) is 67.3 Å². The Bertz CT molecular complexity index is 1030. The first-order chi connectivity index (χ1) is 13.5. The number of aromatic nitrogens is 3. The topological polar surface area (TPSA) is 62.9 Å². The Morgan fingerprint density at radius 2 is 1.68 bits per heavy atom. The fraction of sp³-hybridized carbons (Fsp3) is 0.381. The van der Waals surface area contributed by atoms with E-state index in [9.17, 15) is 9.59 Å². The van der Waals surface area contributed by atoms with Gasteiger partial charge in [0.1, 0.15) is 0 Å². The molecule has 0 atom stereocenters. The lowest BCUT2D eigenvalue weighted by Crippen LogP contribution is -2.53. The second-order valence-corrected chi connectivity index (χ2v) is 7.75. The van der Waals surface area contributed by atoms with Crippen molar-refractivity contribution < 1.29 is 4.79 Å². The maximum Gasteiger partial charge on any atom is 0.351 e. The number of nitrogens with zero attached hydrogens (tertiary/aromatic N) is 5. The lowest BCUT2D eigenvalue weighted by atomic mass is 9.83. The van der Waals surface area contributed by atoms with Gasteiger partial charge < -0.3 is 4.90 Å². The minimum absolute atomic E-state index is 0.140. The molecular formula is C21H25N5O2. The molecule has 146 valence electrons. The van der Waals surface area contributed by atoms with Crippen LogP contribution in [0.4, 0.5) is 0 Å². The maximum absolute atomic E-state index is 13.1. The predicted molar refractivity (Wildman–Crippen MR) is 107 cm³/mol. The first-order valence-electron chi connectivity index (χ1n) is 9.58. The highest BCUT2D eigenvalue weighted by Gasteiger charge is 2.35. The standard InChI is InChI=1S/C21H25N5O2/c1-21(2,17-8-4-3-5-9-17)19(27)24-14-12-23(13-15-24)16-26-20(28)25-11-7-6-10-18(25)22-26/h3-11H,12-16H2,1-2H3. The van der Waals surface area contributed by atoms with Crippen LogP contribution in [-0.2, 0) is 16.9 Å². The number of hydrogen-bond donors (Lipinski definition) is 0. The molecular weight excluding hydrogens is 354 g/mol. The van der Waals surface area contributed by atoms with E-state index in [0.29, 0.717) is 25.4 Å².